The number of hydrogen-bond acceptors (Lipinski definition) is 4. The molecule has 0 spiro atoms. The van der Waals surface area contributed by atoms with Gasteiger partial charge in [0, 0.05) is 32.0 Å². The predicted molar refractivity (Wildman–Crippen MR) is 105 cm³/mol. The highest BCUT2D eigenvalue weighted by Crippen LogP contribution is 2.17. The molecule has 0 saturated heterocycles. The first-order valence-electron chi connectivity index (χ1n) is 8.53. The molecular formula is C17H26N6O2S. The van der Waals surface area contributed by atoms with E-state index in [4.69, 9.17) is 0 Å². The number of rotatable bonds is 9. The van der Waals surface area contributed by atoms with E-state index >= 15 is 0 Å². The summed E-state index contributed by atoms with van der Waals surface area (Å²) in [5.74, 6) is 0.696. The van der Waals surface area contributed by atoms with E-state index in [1.54, 1.807) is 18.3 Å². The van der Waals surface area contributed by atoms with Crippen LogP contribution in [0.15, 0.2) is 47.7 Å². The lowest BCUT2D eigenvalue weighted by molar-refractivity contribution is 0.570. The van der Waals surface area contributed by atoms with Crippen molar-refractivity contribution in [2.45, 2.75) is 26.4 Å². The molecule has 2 aromatic rings. The maximum Gasteiger partial charge on any atom is 0.229 e. The van der Waals surface area contributed by atoms with Gasteiger partial charge in [-0.1, -0.05) is 18.2 Å². The molecule has 0 amide bonds. The second-order valence-electron chi connectivity index (χ2n) is 5.78. The first-order chi connectivity index (χ1) is 12.5. The Morgan fingerprint density at radius 3 is 2.73 bits per heavy atom. The van der Waals surface area contributed by atoms with Gasteiger partial charge in [0.15, 0.2) is 5.96 Å². The smallest absolute Gasteiger partial charge is 0.229 e. The van der Waals surface area contributed by atoms with Gasteiger partial charge in [-0.2, -0.15) is 5.10 Å². The maximum atomic E-state index is 11.5. The average molecular weight is 379 g/mol. The van der Waals surface area contributed by atoms with Gasteiger partial charge in [-0.15, -0.1) is 0 Å². The summed E-state index contributed by atoms with van der Waals surface area (Å²) in [4.78, 5) is 4.55. The number of aromatic nitrogens is 2. The van der Waals surface area contributed by atoms with Crippen LogP contribution in [0.5, 0.6) is 0 Å². The zero-order chi connectivity index (χ0) is 18.8. The summed E-state index contributed by atoms with van der Waals surface area (Å²) in [5.41, 5.74) is 1.36. The van der Waals surface area contributed by atoms with Crippen LogP contribution in [-0.4, -0.2) is 43.5 Å². The molecule has 0 aliphatic carbocycles. The number of benzene rings is 1. The Labute approximate surface area is 154 Å². The van der Waals surface area contributed by atoms with Crippen molar-refractivity contribution in [2.24, 2.45) is 4.99 Å². The minimum atomic E-state index is -3.33. The zero-order valence-electron chi connectivity index (χ0n) is 15.1. The largest absolute Gasteiger partial charge is 0.357 e. The average Bonchev–Trinajstić information content (AvgIpc) is 3.09. The second-order valence-corrected chi connectivity index (χ2v) is 7.52. The number of hydrogen-bond donors (Lipinski definition) is 3. The summed E-state index contributed by atoms with van der Waals surface area (Å²) in [5, 5.41) is 10.6. The van der Waals surface area contributed by atoms with Gasteiger partial charge in [-0.25, -0.2) is 13.4 Å². The SMILES string of the molecule is CCNC(=NCc1ccccc1NS(C)(=O)=O)NCCCn1cccn1. The van der Waals surface area contributed by atoms with Crippen LogP contribution in [0, 0.1) is 0 Å². The molecule has 142 valence electrons. The van der Waals surface area contributed by atoms with Gasteiger partial charge in [-0.3, -0.25) is 9.40 Å². The fourth-order valence-corrected chi connectivity index (χ4v) is 2.94. The molecule has 0 fully saturated rings. The molecule has 0 aliphatic rings. The van der Waals surface area contributed by atoms with E-state index in [1.807, 2.05) is 36.0 Å². The first-order valence-corrected chi connectivity index (χ1v) is 10.4. The van der Waals surface area contributed by atoms with Crippen LogP contribution in [0.3, 0.4) is 0 Å². The lowest BCUT2D eigenvalue weighted by Gasteiger charge is -2.13. The van der Waals surface area contributed by atoms with E-state index in [0.717, 1.165) is 37.9 Å². The molecule has 0 atom stereocenters. The highest BCUT2D eigenvalue weighted by atomic mass is 32.2. The van der Waals surface area contributed by atoms with Crippen LogP contribution in [0.2, 0.25) is 0 Å². The van der Waals surface area contributed by atoms with Crippen LogP contribution in [-0.2, 0) is 23.1 Å². The summed E-state index contributed by atoms with van der Waals surface area (Å²) < 4.78 is 27.4. The fraction of sp³-hybridized carbons (Fsp3) is 0.412. The Hall–Kier alpha value is -2.55. The number of anilines is 1. The van der Waals surface area contributed by atoms with Crippen molar-refractivity contribution in [3.8, 4) is 0 Å². The van der Waals surface area contributed by atoms with Crippen molar-refractivity contribution in [3.05, 3.63) is 48.3 Å². The molecule has 0 bridgehead atoms. The molecule has 1 aromatic heterocycles. The van der Waals surface area contributed by atoms with Crippen molar-refractivity contribution in [3.63, 3.8) is 0 Å². The van der Waals surface area contributed by atoms with E-state index in [9.17, 15) is 8.42 Å². The lowest BCUT2D eigenvalue weighted by Crippen LogP contribution is -2.38. The molecule has 9 heteroatoms. The highest BCUT2D eigenvalue weighted by Gasteiger charge is 2.07. The summed E-state index contributed by atoms with van der Waals surface area (Å²) >= 11 is 0. The Bertz CT molecular complexity index is 802. The number of aryl methyl sites for hydroxylation is 1. The molecule has 0 saturated carbocycles. The lowest BCUT2D eigenvalue weighted by atomic mass is 10.2. The van der Waals surface area contributed by atoms with E-state index in [-0.39, 0.29) is 0 Å². The van der Waals surface area contributed by atoms with Crippen LogP contribution < -0.4 is 15.4 Å². The van der Waals surface area contributed by atoms with Crippen LogP contribution in [0.25, 0.3) is 0 Å². The van der Waals surface area contributed by atoms with Crippen LogP contribution in [0.4, 0.5) is 5.69 Å². The molecule has 1 aromatic carbocycles. The third-order valence-electron chi connectivity index (χ3n) is 3.48. The van der Waals surface area contributed by atoms with Gasteiger partial charge in [-0.05, 0) is 31.0 Å². The number of sulfonamides is 1. The molecule has 0 unspecified atom stereocenters. The van der Waals surface area contributed by atoms with Crippen molar-refractivity contribution in [1.82, 2.24) is 20.4 Å². The minimum Gasteiger partial charge on any atom is -0.357 e. The molecule has 1 heterocycles. The van der Waals surface area contributed by atoms with Gasteiger partial charge >= 0.3 is 0 Å². The van der Waals surface area contributed by atoms with Crippen molar-refractivity contribution in [2.75, 3.05) is 24.1 Å². The Kier molecular flexibility index (Phi) is 7.46. The molecule has 3 N–H and O–H groups in total. The van der Waals surface area contributed by atoms with Gasteiger partial charge < -0.3 is 10.6 Å². The zero-order valence-corrected chi connectivity index (χ0v) is 16.0. The third kappa shape index (κ3) is 7.14. The van der Waals surface area contributed by atoms with Gasteiger partial charge in [0.05, 0.1) is 18.5 Å². The summed E-state index contributed by atoms with van der Waals surface area (Å²) in [7, 11) is -3.33. The number of guanidine groups is 1. The number of nitrogens with zero attached hydrogens (tertiary/aromatic N) is 3. The topological polar surface area (TPSA) is 100 Å². The van der Waals surface area contributed by atoms with E-state index in [0.29, 0.717) is 18.2 Å². The number of para-hydroxylation sites is 1. The fourth-order valence-electron chi connectivity index (χ4n) is 2.34. The standard InChI is InChI=1S/C17H26N6O2S/c1-3-18-17(19-10-6-12-23-13-7-11-21-23)20-14-15-8-4-5-9-16(15)22-26(2,24)25/h4-5,7-9,11,13,22H,3,6,10,12,14H2,1-2H3,(H2,18,19,20). The quantitative estimate of drug-likeness (QED) is 0.348. The highest BCUT2D eigenvalue weighted by molar-refractivity contribution is 7.92. The molecule has 0 radical (unpaired) electrons. The maximum absolute atomic E-state index is 11.5. The normalized spacial score (nSPS) is 12.0. The van der Waals surface area contributed by atoms with Crippen molar-refractivity contribution < 1.29 is 8.42 Å². The van der Waals surface area contributed by atoms with Crippen molar-refractivity contribution >= 4 is 21.7 Å². The van der Waals surface area contributed by atoms with Crippen LogP contribution in [0.1, 0.15) is 18.9 Å². The summed E-state index contributed by atoms with van der Waals surface area (Å²) in [6.07, 6.45) is 5.75. The van der Waals surface area contributed by atoms with E-state index in [1.165, 1.54) is 0 Å². The van der Waals surface area contributed by atoms with Crippen molar-refractivity contribution in [1.29, 1.82) is 0 Å². The molecule has 8 nitrogen and oxygen atoms in total. The number of aliphatic imine (C=N–C) groups is 1. The van der Waals surface area contributed by atoms with Gasteiger partial charge in [0.2, 0.25) is 10.0 Å². The Balaban J connectivity index is 1.93. The monoisotopic (exact) mass is 378 g/mol. The third-order valence-corrected chi connectivity index (χ3v) is 4.07. The van der Waals surface area contributed by atoms with Crippen LogP contribution >= 0.6 is 0 Å². The first kappa shape index (κ1) is 19.8. The molecule has 0 aliphatic heterocycles. The van der Waals surface area contributed by atoms with Gasteiger partial charge in [0.25, 0.3) is 0 Å². The summed E-state index contributed by atoms with van der Waals surface area (Å²) in [6.45, 7) is 4.71. The molecular weight excluding hydrogens is 352 g/mol. The summed E-state index contributed by atoms with van der Waals surface area (Å²) in [6, 6.07) is 9.15. The Morgan fingerprint density at radius 2 is 2.04 bits per heavy atom. The van der Waals surface area contributed by atoms with E-state index < -0.39 is 10.0 Å². The number of nitrogens with one attached hydrogen (secondary N) is 3. The Morgan fingerprint density at radius 1 is 1.23 bits per heavy atom. The van der Waals surface area contributed by atoms with Gasteiger partial charge in [0.1, 0.15) is 0 Å². The molecule has 26 heavy (non-hydrogen) atoms. The second kappa shape index (κ2) is 9.81. The molecule has 2 rings (SSSR count). The predicted octanol–water partition coefficient (Wildman–Crippen LogP) is 1.40. The van der Waals surface area contributed by atoms with E-state index in [2.05, 4.69) is 25.4 Å². The minimum absolute atomic E-state index is 0.368.